The van der Waals surface area contributed by atoms with Crippen molar-refractivity contribution < 1.29 is 14.3 Å². The molecule has 2 N–H and O–H groups in total. The summed E-state index contributed by atoms with van der Waals surface area (Å²) in [6.07, 6.45) is 0.317. The molecule has 0 bridgehead atoms. The Morgan fingerprint density at radius 2 is 1.76 bits per heavy atom. The van der Waals surface area contributed by atoms with Gasteiger partial charge in [0.05, 0.1) is 12.7 Å². The molecule has 2 aromatic carbocycles. The van der Waals surface area contributed by atoms with Crippen LogP contribution in [0.5, 0.6) is 0 Å². The third kappa shape index (κ3) is 5.53. The van der Waals surface area contributed by atoms with Crippen molar-refractivity contribution in [1.29, 1.82) is 0 Å². The Morgan fingerprint density at radius 3 is 2.40 bits per heavy atom. The normalized spacial score (nSPS) is 10.0. The third-order valence-electron chi connectivity index (χ3n) is 3.63. The zero-order valence-electron chi connectivity index (χ0n) is 14.7. The molecule has 0 saturated heterocycles. The first kappa shape index (κ1) is 18.3. The summed E-state index contributed by atoms with van der Waals surface area (Å²) in [6.45, 7) is 0.518. The molecule has 0 aliphatic rings. The fraction of sp³-hybridized carbons (Fsp3) is 0.263. The highest BCUT2D eigenvalue weighted by Gasteiger charge is 2.07. The Balaban J connectivity index is 1.81. The van der Waals surface area contributed by atoms with E-state index in [4.69, 9.17) is 0 Å². The Bertz CT molecular complexity index is 727. The Kier molecular flexibility index (Phi) is 6.39. The molecule has 0 spiro atoms. The van der Waals surface area contributed by atoms with Crippen LogP contribution >= 0.6 is 0 Å². The predicted molar refractivity (Wildman–Crippen MR) is 100 cm³/mol. The summed E-state index contributed by atoms with van der Waals surface area (Å²) in [4.78, 5) is 25.5. The van der Waals surface area contributed by atoms with Gasteiger partial charge in [-0.3, -0.25) is 4.79 Å². The summed E-state index contributed by atoms with van der Waals surface area (Å²) in [6, 6.07) is 14.7. The van der Waals surface area contributed by atoms with Crippen LogP contribution in [0.25, 0.3) is 0 Å². The van der Waals surface area contributed by atoms with E-state index in [0.29, 0.717) is 24.2 Å². The lowest BCUT2D eigenvalue weighted by atomic mass is 10.2. The number of amides is 1. The Hall–Kier alpha value is -3.02. The molecule has 2 aromatic rings. The number of nitrogens with zero attached hydrogens (tertiary/aromatic N) is 1. The zero-order valence-corrected chi connectivity index (χ0v) is 14.7. The van der Waals surface area contributed by atoms with E-state index in [1.165, 1.54) is 7.11 Å². The van der Waals surface area contributed by atoms with Crippen LogP contribution in [-0.4, -0.2) is 39.6 Å². The minimum absolute atomic E-state index is 0.126. The first-order valence-corrected chi connectivity index (χ1v) is 7.99. The van der Waals surface area contributed by atoms with E-state index < -0.39 is 5.97 Å². The van der Waals surface area contributed by atoms with Crippen molar-refractivity contribution in [2.45, 2.75) is 6.42 Å². The molecule has 0 aromatic heterocycles. The lowest BCUT2D eigenvalue weighted by molar-refractivity contribution is -0.115. The smallest absolute Gasteiger partial charge is 0.337 e. The number of rotatable bonds is 7. The maximum atomic E-state index is 12.0. The largest absolute Gasteiger partial charge is 0.465 e. The van der Waals surface area contributed by atoms with Crippen LogP contribution in [0.15, 0.2) is 48.5 Å². The van der Waals surface area contributed by atoms with Crippen LogP contribution in [0.4, 0.5) is 17.1 Å². The number of nitrogens with one attached hydrogen (secondary N) is 2. The van der Waals surface area contributed by atoms with E-state index in [1.54, 1.807) is 24.3 Å². The molecule has 6 heteroatoms. The van der Waals surface area contributed by atoms with E-state index >= 15 is 0 Å². The van der Waals surface area contributed by atoms with Crippen molar-refractivity contribution >= 4 is 28.9 Å². The molecule has 1 amide bonds. The highest BCUT2D eigenvalue weighted by atomic mass is 16.5. The fourth-order valence-electron chi connectivity index (χ4n) is 2.26. The highest BCUT2D eigenvalue weighted by molar-refractivity contribution is 5.94. The maximum Gasteiger partial charge on any atom is 0.337 e. The van der Waals surface area contributed by atoms with Gasteiger partial charge in [0, 0.05) is 44.1 Å². The van der Waals surface area contributed by atoms with Gasteiger partial charge in [0.1, 0.15) is 0 Å². The summed E-state index contributed by atoms with van der Waals surface area (Å²) in [5.74, 6) is -0.557. The summed E-state index contributed by atoms with van der Waals surface area (Å²) in [7, 11) is 5.30. The molecule has 0 aliphatic carbocycles. The molecule has 2 rings (SSSR count). The first-order valence-electron chi connectivity index (χ1n) is 7.99. The van der Waals surface area contributed by atoms with Crippen molar-refractivity contribution in [1.82, 2.24) is 0 Å². The van der Waals surface area contributed by atoms with Crippen LogP contribution in [0, 0.1) is 0 Å². The SMILES string of the molecule is COC(=O)c1cccc(NC(=O)CCNc2ccc(N(C)C)cc2)c1. The van der Waals surface area contributed by atoms with Crippen LogP contribution in [0.3, 0.4) is 0 Å². The van der Waals surface area contributed by atoms with Crippen LogP contribution in [0.2, 0.25) is 0 Å². The number of methoxy groups -OCH3 is 1. The van der Waals surface area contributed by atoms with Crippen LogP contribution < -0.4 is 15.5 Å². The quantitative estimate of drug-likeness (QED) is 0.758. The number of ether oxygens (including phenoxy) is 1. The molecular formula is C19H23N3O3. The van der Waals surface area contributed by atoms with Crippen molar-refractivity contribution in [3.8, 4) is 0 Å². The standard InChI is InChI=1S/C19H23N3O3/c1-22(2)17-9-7-15(8-10-17)20-12-11-18(23)21-16-6-4-5-14(13-16)19(24)25-3/h4-10,13,20H,11-12H2,1-3H3,(H,21,23). The van der Waals surface area contributed by atoms with Gasteiger partial charge in [-0.05, 0) is 42.5 Å². The second-order valence-electron chi connectivity index (χ2n) is 5.74. The van der Waals surface area contributed by atoms with Crippen molar-refractivity contribution in [2.24, 2.45) is 0 Å². The number of carbonyl (C=O) groups excluding carboxylic acids is 2. The van der Waals surface area contributed by atoms with E-state index in [2.05, 4.69) is 15.4 Å². The van der Waals surface area contributed by atoms with Crippen LogP contribution in [0.1, 0.15) is 16.8 Å². The molecule has 0 heterocycles. The van der Waals surface area contributed by atoms with E-state index in [9.17, 15) is 9.59 Å². The minimum Gasteiger partial charge on any atom is -0.465 e. The van der Waals surface area contributed by atoms with Crippen LogP contribution in [-0.2, 0) is 9.53 Å². The van der Waals surface area contributed by atoms with Crippen molar-refractivity contribution in [3.63, 3.8) is 0 Å². The van der Waals surface area contributed by atoms with Gasteiger partial charge < -0.3 is 20.3 Å². The molecular weight excluding hydrogens is 318 g/mol. The van der Waals surface area contributed by atoms with Gasteiger partial charge in [-0.15, -0.1) is 0 Å². The van der Waals surface area contributed by atoms with Gasteiger partial charge in [-0.2, -0.15) is 0 Å². The average molecular weight is 341 g/mol. The molecule has 25 heavy (non-hydrogen) atoms. The van der Waals surface area contributed by atoms with Gasteiger partial charge in [0.15, 0.2) is 0 Å². The number of anilines is 3. The summed E-state index contributed by atoms with van der Waals surface area (Å²) in [5.41, 5.74) is 3.06. The highest BCUT2D eigenvalue weighted by Crippen LogP contribution is 2.16. The summed E-state index contributed by atoms with van der Waals surface area (Å²) in [5, 5.41) is 5.99. The predicted octanol–water partition coefficient (Wildman–Crippen LogP) is 2.98. The number of benzene rings is 2. The van der Waals surface area contributed by atoms with Gasteiger partial charge in [0.2, 0.25) is 5.91 Å². The average Bonchev–Trinajstić information content (AvgIpc) is 2.61. The second kappa shape index (κ2) is 8.73. The molecule has 6 nitrogen and oxygen atoms in total. The topological polar surface area (TPSA) is 70.7 Å². The van der Waals surface area contributed by atoms with E-state index in [-0.39, 0.29) is 5.91 Å². The zero-order chi connectivity index (χ0) is 18.2. The lowest BCUT2D eigenvalue weighted by Gasteiger charge is -2.13. The second-order valence-corrected chi connectivity index (χ2v) is 5.74. The molecule has 0 aliphatic heterocycles. The van der Waals surface area contributed by atoms with E-state index in [0.717, 1.165) is 11.4 Å². The van der Waals surface area contributed by atoms with Gasteiger partial charge >= 0.3 is 5.97 Å². The molecule has 0 unspecified atom stereocenters. The monoisotopic (exact) mass is 341 g/mol. The van der Waals surface area contributed by atoms with E-state index in [1.807, 2.05) is 43.3 Å². The maximum absolute atomic E-state index is 12.0. The molecule has 132 valence electrons. The minimum atomic E-state index is -0.432. The Labute approximate surface area is 147 Å². The van der Waals surface area contributed by atoms with Crippen molar-refractivity contribution in [3.05, 3.63) is 54.1 Å². The molecule has 0 fully saturated rings. The first-order chi connectivity index (χ1) is 12.0. The van der Waals surface area contributed by atoms with Crippen molar-refractivity contribution in [2.75, 3.05) is 43.3 Å². The molecule has 0 atom stereocenters. The van der Waals surface area contributed by atoms with Gasteiger partial charge in [0.25, 0.3) is 0 Å². The molecule has 0 radical (unpaired) electrons. The molecule has 0 saturated carbocycles. The lowest BCUT2D eigenvalue weighted by Crippen LogP contribution is -2.16. The number of esters is 1. The Morgan fingerprint density at radius 1 is 1.04 bits per heavy atom. The number of carbonyl (C=O) groups is 2. The summed E-state index contributed by atoms with van der Waals surface area (Å²) < 4.78 is 4.67. The van der Waals surface area contributed by atoms with Gasteiger partial charge in [-0.25, -0.2) is 4.79 Å². The number of hydrogen-bond donors (Lipinski definition) is 2. The fourth-order valence-corrected chi connectivity index (χ4v) is 2.26. The third-order valence-corrected chi connectivity index (χ3v) is 3.63. The summed E-state index contributed by atoms with van der Waals surface area (Å²) >= 11 is 0. The number of hydrogen-bond acceptors (Lipinski definition) is 5. The van der Waals surface area contributed by atoms with Gasteiger partial charge in [-0.1, -0.05) is 6.07 Å².